The second-order valence-corrected chi connectivity index (χ2v) is 8.53. The molecule has 3 N–H and O–H groups in total. The lowest BCUT2D eigenvalue weighted by molar-refractivity contribution is 0.102. The van der Waals surface area contributed by atoms with Crippen molar-refractivity contribution in [2.45, 2.75) is 12.1 Å². The van der Waals surface area contributed by atoms with Crippen LogP contribution in [0.5, 0.6) is 0 Å². The topological polar surface area (TPSA) is 95.5 Å². The van der Waals surface area contributed by atoms with Crippen LogP contribution in [-0.4, -0.2) is 43.1 Å². The molecule has 1 fully saturated rings. The van der Waals surface area contributed by atoms with E-state index in [1.165, 1.54) is 0 Å². The molecular weight excluding hydrogens is 364 g/mol. The van der Waals surface area contributed by atoms with Crippen LogP contribution in [-0.2, 0) is 9.84 Å². The number of anilines is 2. The molecule has 1 heterocycles. The van der Waals surface area contributed by atoms with Gasteiger partial charge < -0.3 is 15.7 Å². The lowest BCUT2D eigenvalue weighted by Crippen LogP contribution is -2.31. The summed E-state index contributed by atoms with van der Waals surface area (Å²) in [4.78, 5) is 12.4. The predicted octanol–water partition coefficient (Wildman–Crippen LogP) is 2.16. The minimum atomic E-state index is -3.24. The molecule has 2 aromatic rings. The van der Waals surface area contributed by atoms with Gasteiger partial charge in [0, 0.05) is 22.0 Å². The van der Waals surface area contributed by atoms with Crippen molar-refractivity contribution < 1.29 is 18.3 Å². The van der Waals surface area contributed by atoms with Crippen molar-refractivity contribution in [1.82, 2.24) is 0 Å². The summed E-state index contributed by atoms with van der Waals surface area (Å²) < 4.78 is 23.1. The van der Waals surface area contributed by atoms with Crippen LogP contribution in [0, 0.1) is 0 Å². The Labute approximate surface area is 150 Å². The van der Waals surface area contributed by atoms with Gasteiger partial charge in [-0.15, -0.1) is 0 Å². The first-order valence-corrected chi connectivity index (χ1v) is 9.84. The maximum atomic E-state index is 12.4. The fourth-order valence-corrected chi connectivity index (χ4v) is 4.63. The average molecular weight is 381 g/mol. The van der Waals surface area contributed by atoms with Crippen molar-refractivity contribution in [3.63, 3.8) is 0 Å². The normalized spacial score (nSPS) is 21.7. The van der Waals surface area contributed by atoms with Gasteiger partial charge in [-0.05, 0) is 36.4 Å². The third kappa shape index (κ3) is 4.50. The van der Waals surface area contributed by atoms with Crippen LogP contribution >= 0.6 is 11.6 Å². The minimum Gasteiger partial charge on any atom is -0.390 e. The number of benzene rings is 2. The van der Waals surface area contributed by atoms with Crippen LogP contribution in [0.25, 0.3) is 0 Å². The van der Waals surface area contributed by atoms with Crippen LogP contribution in [0.3, 0.4) is 0 Å². The summed E-state index contributed by atoms with van der Waals surface area (Å²) >= 11 is 5.90. The van der Waals surface area contributed by atoms with E-state index in [1.54, 1.807) is 48.5 Å². The van der Waals surface area contributed by atoms with Gasteiger partial charge >= 0.3 is 0 Å². The first kappa shape index (κ1) is 17.7. The van der Waals surface area contributed by atoms with Gasteiger partial charge in [-0.3, -0.25) is 4.79 Å². The number of rotatable bonds is 4. The molecule has 1 saturated heterocycles. The molecule has 0 bridgehead atoms. The molecule has 1 amide bonds. The zero-order chi connectivity index (χ0) is 18.0. The summed E-state index contributed by atoms with van der Waals surface area (Å²) in [6.07, 6.45) is -0.964. The minimum absolute atomic E-state index is 0.132. The number of sulfone groups is 1. The molecule has 3 rings (SSSR count). The van der Waals surface area contributed by atoms with E-state index < -0.39 is 22.0 Å². The molecule has 0 unspecified atom stereocenters. The lowest BCUT2D eigenvalue weighted by atomic mass is 10.1. The molecule has 25 heavy (non-hydrogen) atoms. The van der Waals surface area contributed by atoms with E-state index in [-0.39, 0.29) is 17.4 Å². The number of hydrogen-bond acceptors (Lipinski definition) is 5. The Balaban J connectivity index is 1.72. The van der Waals surface area contributed by atoms with Gasteiger partial charge in [0.05, 0.1) is 23.7 Å². The maximum absolute atomic E-state index is 12.4. The average Bonchev–Trinajstić information content (AvgIpc) is 2.79. The SMILES string of the molecule is O=C(Nc1cccc(Cl)c1)c1cccc(N[C@@H]2CS(=O)(=O)C[C@H]2O)c1. The third-order valence-corrected chi connectivity index (χ3v) is 5.83. The van der Waals surface area contributed by atoms with E-state index >= 15 is 0 Å². The second kappa shape index (κ2) is 7.03. The monoisotopic (exact) mass is 380 g/mol. The molecule has 0 spiro atoms. The molecule has 0 aromatic heterocycles. The summed E-state index contributed by atoms with van der Waals surface area (Å²) in [6, 6.07) is 12.9. The van der Waals surface area contributed by atoms with Crippen molar-refractivity contribution in [2.24, 2.45) is 0 Å². The van der Waals surface area contributed by atoms with Crippen LogP contribution in [0.1, 0.15) is 10.4 Å². The largest absolute Gasteiger partial charge is 0.390 e. The number of aliphatic hydroxyl groups is 1. The Morgan fingerprint density at radius 3 is 2.48 bits per heavy atom. The van der Waals surface area contributed by atoms with E-state index in [0.29, 0.717) is 22.0 Å². The number of carbonyl (C=O) groups is 1. The number of aliphatic hydroxyl groups excluding tert-OH is 1. The number of halogens is 1. The third-order valence-electron chi connectivity index (χ3n) is 3.88. The fraction of sp³-hybridized carbons (Fsp3) is 0.235. The summed E-state index contributed by atoms with van der Waals surface area (Å²) in [5.74, 6) is -0.697. The molecule has 1 aliphatic heterocycles. The van der Waals surface area contributed by atoms with Gasteiger partial charge in [-0.25, -0.2) is 8.42 Å². The van der Waals surface area contributed by atoms with Gasteiger partial charge in [0.2, 0.25) is 0 Å². The van der Waals surface area contributed by atoms with Crippen molar-refractivity contribution in [1.29, 1.82) is 0 Å². The molecule has 0 saturated carbocycles. The van der Waals surface area contributed by atoms with E-state index in [2.05, 4.69) is 10.6 Å². The number of carbonyl (C=O) groups excluding carboxylic acids is 1. The Morgan fingerprint density at radius 2 is 1.80 bits per heavy atom. The second-order valence-electron chi connectivity index (χ2n) is 5.94. The zero-order valence-electron chi connectivity index (χ0n) is 13.1. The quantitative estimate of drug-likeness (QED) is 0.755. The van der Waals surface area contributed by atoms with Crippen molar-refractivity contribution in [2.75, 3.05) is 22.1 Å². The highest BCUT2D eigenvalue weighted by molar-refractivity contribution is 7.91. The van der Waals surface area contributed by atoms with Gasteiger partial charge in [0.25, 0.3) is 5.91 Å². The van der Waals surface area contributed by atoms with Crippen molar-refractivity contribution in [3.05, 3.63) is 59.1 Å². The molecule has 0 aliphatic carbocycles. The Bertz CT molecular complexity index is 901. The molecule has 8 heteroatoms. The van der Waals surface area contributed by atoms with Gasteiger partial charge in [-0.2, -0.15) is 0 Å². The summed E-state index contributed by atoms with van der Waals surface area (Å²) in [6.45, 7) is 0. The van der Waals surface area contributed by atoms with Crippen LogP contribution < -0.4 is 10.6 Å². The molecule has 6 nitrogen and oxygen atoms in total. The summed E-state index contributed by atoms with van der Waals surface area (Å²) in [5, 5.41) is 16.1. The van der Waals surface area contributed by atoms with Crippen LogP contribution in [0.2, 0.25) is 5.02 Å². The van der Waals surface area contributed by atoms with E-state index in [4.69, 9.17) is 11.6 Å². The highest BCUT2D eigenvalue weighted by atomic mass is 35.5. The Morgan fingerprint density at radius 1 is 1.08 bits per heavy atom. The summed E-state index contributed by atoms with van der Waals surface area (Å²) in [5.41, 5.74) is 1.55. The smallest absolute Gasteiger partial charge is 0.255 e. The highest BCUT2D eigenvalue weighted by Gasteiger charge is 2.36. The molecule has 0 radical (unpaired) electrons. The first-order valence-electron chi connectivity index (χ1n) is 7.64. The number of nitrogens with one attached hydrogen (secondary N) is 2. The van der Waals surface area contributed by atoms with E-state index in [1.807, 2.05) is 0 Å². The van der Waals surface area contributed by atoms with Gasteiger partial charge in [0.1, 0.15) is 0 Å². The van der Waals surface area contributed by atoms with Gasteiger partial charge in [-0.1, -0.05) is 23.7 Å². The lowest BCUT2D eigenvalue weighted by Gasteiger charge is -2.17. The number of amides is 1. The number of hydrogen-bond donors (Lipinski definition) is 3. The van der Waals surface area contributed by atoms with Crippen molar-refractivity contribution >= 4 is 38.7 Å². The summed E-state index contributed by atoms with van der Waals surface area (Å²) in [7, 11) is -3.24. The molecule has 2 atom stereocenters. The van der Waals surface area contributed by atoms with E-state index in [0.717, 1.165) is 0 Å². The van der Waals surface area contributed by atoms with Gasteiger partial charge in [0.15, 0.2) is 9.84 Å². The molecular formula is C17H17ClN2O4S. The highest BCUT2D eigenvalue weighted by Crippen LogP contribution is 2.20. The maximum Gasteiger partial charge on any atom is 0.255 e. The molecule has 2 aromatic carbocycles. The first-order chi connectivity index (χ1) is 11.8. The standard InChI is InChI=1S/C17H17ClN2O4S/c18-12-4-2-6-14(8-12)20-17(22)11-3-1-5-13(7-11)19-15-9-25(23,24)10-16(15)21/h1-8,15-16,19,21H,9-10H2,(H,20,22)/t15-,16-/m1/s1. The predicted molar refractivity (Wildman–Crippen MR) is 97.9 cm³/mol. The zero-order valence-corrected chi connectivity index (χ0v) is 14.7. The molecule has 1 aliphatic rings. The Hall–Kier alpha value is -2.09. The van der Waals surface area contributed by atoms with Crippen LogP contribution in [0.15, 0.2) is 48.5 Å². The fourth-order valence-electron chi connectivity index (χ4n) is 2.70. The molecule has 132 valence electrons. The van der Waals surface area contributed by atoms with Crippen molar-refractivity contribution in [3.8, 4) is 0 Å². The van der Waals surface area contributed by atoms with E-state index in [9.17, 15) is 18.3 Å². The van der Waals surface area contributed by atoms with Crippen LogP contribution in [0.4, 0.5) is 11.4 Å². The Kier molecular flexibility index (Phi) is 4.99.